The molecule has 0 aromatic heterocycles. The van der Waals surface area contributed by atoms with E-state index in [0.717, 1.165) is 49.0 Å². The minimum absolute atomic E-state index is 0. The van der Waals surface area contributed by atoms with E-state index in [4.69, 9.17) is 18.9 Å². The Morgan fingerprint density at radius 1 is 1.26 bits per heavy atom. The molecule has 1 saturated heterocycles. The summed E-state index contributed by atoms with van der Waals surface area (Å²) in [6, 6.07) is 4.48. The predicted molar refractivity (Wildman–Crippen MR) is 89.9 cm³/mol. The molecule has 130 valence electrons. The summed E-state index contributed by atoms with van der Waals surface area (Å²) in [7, 11) is 1.67. The second kappa shape index (κ2) is 8.59. The van der Waals surface area contributed by atoms with Gasteiger partial charge in [-0.05, 0) is 13.0 Å². The average Bonchev–Trinajstić information content (AvgIpc) is 2.95. The molecule has 0 aliphatic carbocycles. The normalized spacial score (nSPS) is 20.2. The van der Waals surface area contributed by atoms with Crippen LogP contribution in [-0.4, -0.2) is 57.7 Å². The van der Waals surface area contributed by atoms with Gasteiger partial charge in [0, 0.05) is 51.0 Å². The van der Waals surface area contributed by atoms with Crippen LogP contribution in [0, 0.1) is 0 Å². The second-order valence-electron chi connectivity index (χ2n) is 5.74. The molecular weight excluding hydrogens is 320 g/mol. The maximum Gasteiger partial charge on any atom is 0.231 e. The number of nitrogens with one attached hydrogen (secondary N) is 1. The Bertz CT molecular complexity index is 515. The zero-order valence-corrected chi connectivity index (χ0v) is 14.5. The van der Waals surface area contributed by atoms with E-state index in [-0.39, 0.29) is 19.2 Å². The van der Waals surface area contributed by atoms with Crippen molar-refractivity contribution >= 4 is 12.4 Å². The zero-order chi connectivity index (χ0) is 15.4. The van der Waals surface area contributed by atoms with Crippen molar-refractivity contribution in [3.63, 3.8) is 0 Å². The number of ether oxygens (including phenoxy) is 4. The molecule has 0 radical (unpaired) electrons. The van der Waals surface area contributed by atoms with E-state index in [1.807, 2.05) is 12.1 Å². The van der Waals surface area contributed by atoms with Gasteiger partial charge in [-0.15, -0.1) is 12.4 Å². The maximum absolute atomic E-state index is 5.87. The number of methoxy groups -OCH3 is 1. The van der Waals surface area contributed by atoms with E-state index in [0.29, 0.717) is 19.3 Å². The largest absolute Gasteiger partial charge is 0.491 e. The first-order valence-electron chi connectivity index (χ1n) is 7.76. The van der Waals surface area contributed by atoms with Crippen molar-refractivity contribution in [1.29, 1.82) is 0 Å². The first-order valence-corrected chi connectivity index (χ1v) is 7.76. The molecule has 2 heterocycles. The van der Waals surface area contributed by atoms with Crippen LogP contribution in [0.4, 0.5) is 0 Å². The molecule has 1 aromatic carbocycles. The van der Waals surface area contributed by atoms with E-state index in [2.05, 4.69) is 17.1 Å². The molecule has 2 aliphatic rings. The summed E-state index contributed by atoms with van der Waals surface area (Å²) in [6.07, 6.45) is 0. The van der Waals surface area contributed by atoms with Crippen LogP contribution in [0.3, 0.4) is 0 Å². The van der Waals surface area contributed by atoms with E-state index >= 15 is 0 Å². The lowest BCUT2D eigenvalue weighted by molar-refractivity contribution is 0.143. The summed E-state index contributed by atoms with van der Waals surface area (Å²) in [5.74, 6) is 2.41. The van der Waals surface area contributed by atoms with Gasteiger partial charge in [0.15, 0.2) is 11.5 Å². The fourth-order valence-corrected chi connectivity index (χ4v) is 2.86. The van der Waals surface area contributed by atoms with Crippen molar-refractivity contribution in [2.45, 2.75) is 19.5 Å². The minimum Gasteiger partial charge on any atom is -0.491 e. The number of hydrogen-bond acceptors (Lipinski definition) is 6. The van der Waals surface area contributed by atoms with Crippen molar-refractivity contribution in [1.82, 2.24) is 10.2 Å². The molecule has 0 saturated carbocycles. The topological polar surface area (TPSA) is 52.2 Å². The van der Waals surface area contributed by atoms with Crippen LogP contribution in [0.1, 0.15) is 12.5 Å². The van der Waals surface area contributed by atoms with Crippen LogP contribution in [0.25, 0.3) is 0 Å². The molecule has 0 amide bonds. The molecule has 0 spiro atoms. The summed E-state index contributed by atoms with van der Waals surface area (Å²) in [6.45, 7) is 7.53. The van der Waals surface area contributed by atoms with E-state index < -0.39 is 0 Å². The molecule has 7 heteroatoms. The van der Waals surface area contributed by atoms with Gasteiger partial charge in [-0.25, -0.2) is 0 Å². The lowest BCUT2D eigenvalue weighted by atomic mass is 10.1. The Kier molecular flexibility index (Phi) is 6.77. The zero-order valence-electron chi connectivity index (χ0n) is 13.7. The Morgan fingerprint density at radius 3 is 2.78 bits per heavy atom. The molecule has 1 fully saturated rings. The lowest BCUT2D eigenvalue weighted by Gasteiger charge is -2.32. The Hall–Kier alpha value is -1.21. The van der Waals surface area contributed by atoms with Crippen LogP contribution in [0.15, 0.2) is 12.1 Å². The first kappa shape index (κ1) is 18.1. The highest BCUT2D eigenvalue weighted by Gasteiger charge is 2.21. The molecule has 2 aliphatic heterocycles. The summed E-state index contributed by atoms with van der Waals surface area (Å²) in [4.78, 5) is 2.43. The lowest BCUT2D eigenvalue weighted by Crippen LogP contribution is -2.48. The highest BCUT2D eigenvalue weighted by atomic mass is 35.5. The minimum atomic E-state index is 0. The highest BCUT2D eigenvalue weighted by molar-refractivity contribution is 5.85. The third kappa shape index (κ3) is 4.64. The molecule has 0 unspecified atom stereocenters. The maximum atomic E-state index is 5.87. The van der Waals surface area contributed by atoms with Gasteiger partial charge in [-0.2, -0.15) is 0 Å². The van der Waals surface area contributed by atoms with Crippen molar-refractivity contribution in [2.24, 2.45) is 0 Å². The third-order valence-electron chi connectivity index (χ3n) is 3.95. The molecule has 1 atom stereocenters. The van der Waals surface area contributed by atoms with Crippen LogP contribution >= 0.6 is 12.4 Å². The Labute approximate surface area is 143 Å². The molecule has 0 bridgehead atoms. The van der Waals surface area contributed by atoms with Crippen molar-refractivity contribution in [3.05, 3.63) is 17.7 Å². The smallest absolute Gasteiger partial charge is 0.231 e. The molecular formula is C16H25ClN2O4. The molecule has 1 aromatic rings. The van der Waals surface area contributed by atoms with Crippen molar-refractivity contribution < 1.29 is 18.9 Å². The number of rotatable bonds is 6. The molecule has 23 heavy (non-hydrogen) atoms. The van der Waals surface area contributed by atoms with Crippen LogP contribution in [0.2, 0.25) is 0 Å². The number of benzene rings is 1. The van der Waals surface area contributed by atoms with Gasteiger partial charge in [0.1, 0.15) is 12.4 Å². The number of fused-ring (bicyclic) bond motifs is 1. The van der Waals surface area contributed by atoms with Gasteiger partial charge in [-0.3, -0.25) is 4.90 Å². The second-order valence-corrected chi connectivity index (χ2v) is 5.74. The van der Waals surface area contributed by atoms with Crippen LogP contribution in [-0.2, 0) is 11.3 Å². The Morgan fingerprint density at radius 2 is 2.04 bits per heavy atom. The molecule has 6 nitrogen and oxygen atoms in total. The Balaban J connectivity index is 0.00000192. The standard InChI is InChI=1S/C16H24N2O4.ClH/c1-12-9-18(4-3-17-12)10-13-7-15-16(22-11-21-15)8-14(13)20-6-5-19-2;/h7-8,12,17H,3-6,9-11H2,1-2H3;1H/t12-;/m0./s1. The number of nitrogens with zero attached hydrogens (tertiary/aromatic N) is 1. The average molecular weight is 345 g/mol. The van der Waals surface area contributed by atoms with Crippen molar-refractivity contribution in [3.8, 4) is 17.2 Å². The molecule has 3 rings (SSSR count). The summed E-state index contributed by atoms with van der Waals surface area (Å²) >= 11 is 0. The fraction of sp³-hybridized carbons (Fsp3) is 0.625. The van der Waals surface area contributed by atoms with E-state index in [1.54, 1.807) is 7.11 Å². The quantitative estimate of drug-likeness (QED) is 0.792. The van der Waals surface area contributed by atoms with Crippen LogP contribution in [0.5, 0.6) is 17.2 Å². The van der Waals surface area contributed by atoms with Crippen molar-refractivity contribution in [2.75, 3.05) is 46.8 Å². The van der Waals surface area contributed by atoms with Gasteiger partial charge in [-0.1, -0.05) is 0 Å². The van der Waals surface area contributed by atoms with E-state index in [1.165, 1.54) is 0 Å². The number of halogens is 1. The SMILES string of the molecule is COCCOc1cc2c(cc1CN1CCN[C@@H](C)C1)OCO2.Cl. The molecule has 1 N–H and O–H groups in total. The van der Waals surface area contributed by atoms with Gasteiger partial charge in [0.25, 0.3) is 0 Å². The summed E-state index contributed by atoms with van der Waals surface area (Å²) in [5, 5.41) is 3.46. The number of hydrogen-bond donors (Lipinski definition) is 1. The van der Waals surface area contributed by atoms with Gasteiger partial charge in [0.05, 0.1) is 6.61 Å². The first-order chi connectivity index (χ1) is 10.8. The van der Waals surface area contributed by atoms with E-state index in [9.17, 15) is 0 Å². The summed E-state index contributed by atoms with van der Waals surface area (Å²) < 4.78 is 21.9. The third-order valence-corrected chi connectivity index (χ3v) is 3.95. The van der Waals surface area contributed by atoms with Gasteiger partial charge >= 0.3 is 0 Å². The number of piperazine rings is 1. The van der Waals surface area contributed by atoms with Crippen LogP contribution < -0.4 is 19.5 Å². The fourth-order valence-electron chi connectivity index (χ4n) is 2.86. The van der Waals surface area contributed by atoms with Gasteiger partial charge < -0.3 is 24.3 Å². The highest BCUT2D eigenvalue weighted by Crippen LogP contribution is 2.38. The monoisotopic (exact) mass is 344 g/mol. The summed E-state index contributed by atoms with van der Waals surface area (Å²) in [5.41, 5.74) is 1.13. The van der Waals surface area contributed by atoms with Gasteiger partial charge in [0.2, 0.25) is 6.79 Å². The predicted octanol–water partition coefficient (Wildman–Crippen LogP) is 1.66.